The first-order valence-corrected chi connectivity index (χ1v) is 12.3. The summed E-state index contributed by atoms with van der Waals surface area (Å²) in [5.41, 5.74) is 4.14. The van der Waals surface area contributed by atoms with Crippen LogP contribution in [0.4, 0.5) is 0 Å². The molecule has 4 nitrogen and oxygen atoms in total. The number of halogens is 1. The van der Waals surface area contributed by atoms with E-state index in [2.05, 4.69) is 51.0 Å². The maximum atomic E-state index is 13.3. The van der Waals surface area contributed by atoms with Crippen molar-refractivity contribution in [2.75, 3.05) is 7.11 Å². The van der Waals surface area contributed by atoms with Crippen molar-refractivity contribution < 1.29 is 14.3 Å². The number of hydrogen-bond acceptors (Lipinski definition) is 3. The molecular formula is C30H26BrNO3. The van der Waals surface area contributed by atoms with Crippen molar-refractivity contribution in [2.45, 2.75) is 26.0 Å². The van der Waals surface area contributed by atoms with Crippen LogP contribution < -0.4 is 9.47 Å². The number of nitrogens with zero attached hydrogens (tertiary/aromatic N) is 1. The molecule has 176 valence electrons. The lowest BCUT2D eigenvalue weighted by Gasteiger charge is -2.29. The van der Waals surface area contributed by atoms with Gasteiger partial charge in [0.15, 0.2) is 5.78 Å². The Morgan fingerprint density at radius 3 is 2.74 bits per heavy atom. The molecule has 0 N–H and O–H groups in total. The van der Waals surface area contributed by atoms with Crippen molar-refractivity contribution in [3.8, 4) is 11.5 Å². The third-order valence-electron chi connectivity index (χ3n) is 6.16. The van der Waals surface area contributed by atoms with E-state index in [1.807, 2.05) is 62.4 Å². The van der Waals surface area contributed by atoms with Gasteiger partial charge in [0, 0.05) is 28.1 Å². The fraction of sp³-hybridized carbons (Fsp3) is 0.167. The Labute approximate surface area is 213 Å². The Morgan fingerprint density at radius 1 is 1.11 bits per heavy atom. The van der Waals surface area contributed by atoms with Crippen LogP contribution in [0.5, 0.6) is 11.5 Å². The molecule has 0 saturated heterocycles. The predicted molar refractivity (Wildman–Crippen MR) is 145 cm³/mol. The molecule has 0 radical (unpaired) electrons. The number of fused-ring (bicyclic) bond motifs is 2. The van der Waals surface area contributed by atoms with Crippen molar-refractivity contribution >= 4 is 44.8 Å². The molecule has 5 heteroatoms. The van der Waals surface area contributed by atoms with Gasteiger partial charge in [-0.25, -0.2) is 0 Å². The zero-order valence-corrected chi connectivity index (χ0v) is 21.5. The number of hydrogen-bond donors (Lipinski definition) is 0. The van der Waals surface area contributed by atoms with E-state index in [9.17, 15) is 4.79 Å². The number of ketones is 1. The lowest BCUT2D eigenvalue weighted by Crippen LogP contribution is -2.28. The lowest BCUT2D eigenvalue weighted by molar-refractivity contribution is 0.103. The summed E-state index contributed by atoms with van der Waals surface area (Å²) in [5, 5.41) is 1.10. The second-order valence-corrected chi connectivity index (χ2v) is 10.1. The molecule has 35 heavy (non-hydrogen) atoms. The van der Waals surface area contributed by atoms with Crippen LogP contribution in [0.25, 0.3) is 23.1 Å². The molecule has 0 atom stereocenters. The van der Waals surface area contributed by atoms with Gasteiger partial charge >= 0.3 is 0 Å². The Balaban J connectivity index is 1.45. The lowest BCUT2D eigenvalue weighted by atomic mass is 9.97. The summed E-state index contributed by atoms with van der Waals surface area (Å²) in [6, 6.07) is 20.2. The zero-order chi connectivity index (χ0) is 24.6. The molecule has 1 aliphatic rings. The zero-order valence-electron chi connectivity index (χ0n) is 19.9. The topological polar surface area (TPSA) is 40.5 Å². The van der Waals surface area contributed by atoms with Gasteiger partial charge in [-0.1, -0.05) is 46.3 Å². The molecule has 0 fully saturated rings. The summed E-state index contributed by atoms with van der Waals surface area (Å²) >= 11 is 3.55. The van der Waals surface area contributed by atoms with Gasteiger partial charge in [0.2, 0.25) is 0 Å². The van der Waals surface area contributed by atoms with E-state index < -0.39 is 5.60 Å². The van der Waals surface area contributed by atoms with E-state index in [4.69, 9.17) is 9.47 Å². The number of allylic oxidation sites excluding steroid dienone is 1. The van der Waals surface area contributed by atoms with Gasteiger partial charge in [0.05, 0.1) is 18.2 Å². The van der Waals surface area contributed by atoms with Crippen molar-refractivity contribution in [1.29, 1.82) is 0 Å². The largest absolute Gasteiger partial charge is 0.496 e. The minimum atomic E-state index is -0.499. The Bertz CT molecular complexity index is 1490. The number of methoxy groups -OCH3 is 1. The molecule has 0 bridgehead atoms. The van der Waals surface area contributed by atoms with Gasteiger partial charge in [-0.2, -0.15) is 0 Å². The van der Waals surface area contributed by atoms with Crippen LogP contribution in [0.3, 0.4) is 0 Å². The van der Waals surface area contributed by atoms with Gasteiger partial charge in [0.25, 0.3) is 0 Å². The number of aromatic nitrogens is 1. The molecule has 3 aromatic carbocycles. The SMILES string of the molecule is COc1ccc(C(=O)/C=C/c2cccc3c2ccn3Cc2cccc(Br)c2)c2c1C=CC(C)(C)O2. The van der Waals surface area contributed by atoms with Crippen LogP contribution in [0.2, 0.25) is 0 Å². The number of carbonyl (C=O) groups excluding carboxylic acids is 1. The number of carbonyl (C=O) groups is 1. The van der Waals surface area contributed by atoms with E-state index in [0.29, 0.717) is 17.1 Å². The summed E-state index contributed by atoms with van der Waals surface area (Å²) in [6.45, 7) is 4.71. The molecule has 0 aliphatic carbocycles. The van der Waals surface area contributed by atoms with Gasteiger partial charge in [-0.05, 0) is 79.6 Å². The summed E-state index contributed by atoms with van der Waals surface area (Å²) in [6.07, 6.45) is 9.53. The molecule has 2 heterocycles. The normalized spacial score (nSPS) is 14.2. The van der Waals surface area contributed by atoms with Gasteiger partial charge in [-0.15, -0.1) is 0 Å². The highest BCUT2D eigenvalue weighted by atomic mass is 79.9. The Kier molecular flexibility index (Phi) is 6.12. The van der Waals surface area contributed by atoms with Crippen molar-refractivity contribution in [3.63, 3.8) is 0 Å². The van der Waals surface area contributed by atoms with Crippen molar-refractivity contribution in [1.82, 2.24) is 4.57 Å². The molecular weight excluding hydrogens is 502 g/mol. The Hall–Kier alpha value is -3.57. The third kappa shape index (κ3) is 4.69. The highest BCUT2D eigenvalue weighted by molar-refractivity contribution is 9.10. The van der Waals surface area contributed by atoms with E-state index >= 15 is 0 Å². The first kappa shape index (κ1) is 23.2. The van der Waals surface area contributed by atoms with Crippen LogP contribution in [-0.2, 0) is 6.54 Å². The highest BCUT2D eigenvalue weighted by Gasteiger charge is 2.27. The third-order valence-corrected chi connectivity index (χ3v) is 6.65. The quantitative estimate of drug-likeness (QED) is 0.192. The first-order valence-electron chi connectivity index (χ1n) is 11.5. The second-order valence-electron chi connectivity index (χ2n) is 9.15. The second kappa shape index (κ2) is 9.23. The number of benzene rings is 3. The predicted octanol–water partition coefficient (Wildman–Crippen LogP) is 7.54. The average Bonchev–Trinajstić information content (AvgIpc) is 3.24. The van der Waals surface area contributed by atoms with Crippen molar-refractivity contribution in [2.24, 2.45) is 0 Å². The molecule has 0 unspecified atom stereocenters. The fourth-order valence-corrected chi connectivity index (χ4v) is 4.87. The molecule has 1 aromatic heterocycles. The smallest absolute Gasteiger partial charge is 0.189 e. The van der Waals surface area contributed by atoms with Crippen LogP contribution in [-0.4, -0.2) is 23.1 Å². The van der Waals surface area contributed by atoms with E-state index in [0.717, 1.165) is 33.0 Å². The molecule has 4 aromatic rings. The Morgan fingerprint density at radius 2 is 1.94 bits per heavy atom. The summed E-state index contributed by atoms with van der Waals surface area (Å²) in [7, 11) is 1.62. The maximum Gasteiger partial charge on any atom is 0.189 e. The monoisotopic (exact) mass is 527 g/mol. The van der Waals surface area contributed by atoms with Crippen LogP contribution >= 0.6 is 15.9 Å². The molecule has 5 rings (SSSR count). The summed E-state index contributed by atoms with van der Waals surface area (Å²) < 4.78 is 14.9. The average molecular weight is 528 g/mol. The standard InChI is InChI=1S/C30H26BrNO3/c1-30(2)16-14-25-28(34-3)13-11-24(29(25)35-30)27(33)12-10-21-7-5-9-26-23(21)15-17-32(26)19-20-6-4-8-22(31)18-20/h4-18H,19H2,1-3H3/b12-10+. The molecule has 0 saturated carbocycles. The van der Waals surface area contributed by atoms with E-state index in [1.54, 1.807) is 19.3 Å². The molecule has 1 aliphatic heterocycles. The maximum absolute atomic E-state index is 13.3. The van der Waals surface area contributed by atoms with E-state index in [-0.39, 0.29) is 5.78 Å². The summed E-state index contributed by atoms with van der Waals surface area (Å²) in [4.78, 5) is 13.3. The highest BCUT2D eigenvalue weighted by Crippen LogP contribution is 2.40. The first-order chi connectivity index (χ1) is 16.8. The van der Waals surface area contributed by atoms with Gasteiger partial charge in [0.1, 0.15) is 17.1 Å². The molecule has 0 amide bonds. The van der Waals surface area contributed by atoms with Crippen LogP contribution in [0, 0.1) is 0 Å². The number of ether oxygens (including phenoxy) is 2. The minimum absolute atomic E-state index is 0.111. The van der Waals surface area contributed by atoms with Gasteiger partial charge in [-0.3, -0.25) is 4.79 Å². The van der Waals surface area contributed by atoms with Gasteiger partial charge < -0.3 is 14.0 Å². The minimum Gasteiger partial charge on any atom is -0.496 e. The van der Waals surface area contributed by atoms with Crippen molar-refractivity contribution in [3.05, 3.63) is 106 Å². The summed E-state index contributed by atoms with van der Waals surface area (Å²) in [5.74, 6) is 1.13. The number of rotatable bonds is 6. The van der Waals surface area contributed by atoms with Crippen LogP contribution in [0.1, 0.15) is 40.9 Å². The fourth-order valence-electron chi connectivity index (χ4n) is 4.42. The van der Waals surface area contributed by atoms with Crippen LogP contribution in [0.15, 0.2) is 83.5 Å². The van der Waals surface area contributed by atoms with E-state index in [1.165, 1.54) is 5.56 Å². The molecule has 0 spiro atoms.